The lowest BCUT2D eigenvalue weighted by molar-refractivity contribution is -0.145. The highest BCUT2D eigenvalue weighted by Crippen LogP contribution is 2.19. The quantitative estimate of drug-likeness (QED) is 0.907. The van der Waals surface area contributed by atoms with Crippen LogP contribution in [0.4, 0.5) is 0 Å². The Morgan fingerprint density at radius 3 is 2.43 bits per heavy atom. The molecule has 1 atom stereocenters. The van der Waals surface area contributed by atoms with Crippen molar-refractivity contribution >= 4 is 17.6 Å². The fraction of sp³-hybridized carbons (Fsp3) is 0.235. The Morgan fingerprint density at radius 1 is 1.19 bits per heavy atom. The summed E-state index contributed by atoms with van der Waals surface area (Å²) in [5.74, 6) is -0.485. The average Bonchev–Trinajstić information content (AvgIpc) is 2.43. The van der Waals surface area contributed by atoms with Gasteiger partial charge in [-0.1, -0.05) is 35.4 Å². The summed E-state index contributed by atoms with van der Waals surface area (Å²) >= 11 is 5.80. The van der Waals surface area contributed by atoms with Gasteiger partial charge in [0.05, 0.1) is 0 Å². The lowest BCUT2D eigenvalue weighted by atomic mass is 10.0. The Hall–Kier alpha value is -2.00. The van der Waals surface area contributed by atoms with Gasteiger partial charge in [-0.15, -0.1) is 0 Å². The zero-order valence-electron chi connectivity index (χ0n) is 12.0. The van der Waals surface area contributed by atoms with Crippen LogP contribution in [0.3, 0.4) is 0 Å². The van der Waals surface area contributed by atoms with E-state index in [0.717, 1.165) is 16.7 Å². The summed E-state index contributed by atoms with van der Waals surface area (Å²) in [6, 6.07) is 12.6. The first-order chi connectivity index (χ1) is 9.95. The summed E-state index contributed by atoms with van der Waals surface area (Å²) in [5, 5.41) is 9.93. The van der Waals surface area contributed by atoms with E-state index < -0.39 is 12.1 Å². The predicted octanol–water partition coefficient (Wildman–Crippen LogP) is 4.03. The van der Waals surface area contributed by atoms with Crippen LogP contribution in [0.2, 0.25) is 5.02 Å². The maximum atomic E-state index is 11.4. The van der Waals surface area contributed by atoms with E-state index in [1.807, 2.05) is 32.0 Å². The number of aryl methyl sites for hydroxylation is 2. The monoisotopic (exact) mass is 304 g/mol. The summed E-state index contributed by atoms with van der Waals surface area (Å²) in [6.45, 7) is 3.99. The minimum Gasteiger partial charge on any atom is -0.478 e. The van der Waals surface area contributed by atoms with Crippen molar-refractivity contribution in [3.63, 3.8) is 0 Å². The van der Waals surface area contributed by atoms with Gasteiger partial charge in [-0.05, 0) is 49.2 Å². The Labute approximate surface area is 129 Å². The van der Waals surface area contributed by atoms with Crippen molar-refractivity contribution in [3.05, 3.63) is 64.2 Å². The van der Waals surface area contributed by atoms with Crippen LogP contribution in [-0.2, 0) is 11.2 Å². The molecule has 0 heterocycles. The van der Waals surface area contributed by atoms with Crippen molar-refractivity contribution < 1.29 is 14.6 Å². The lowest BCUT2D eigenvalue weighted by Gasteiger charge is -2.16. The topological polar surface area (TPSA) is 46.5 Å². The maximum Gasteiger partial charge on any atom is 0.345 e. The zero-order valence-corrected chi connectivity index (χ0v) is 12.7. The van der Waals surface area contributed by atoms with Crippen molar-refractivity contribution in [2.75, 3.05) is 0 Å². The first-order valence-corrected chi connectivity index (χ1v) is 7.04. The van der Waals surface area contributed by atoms with E-state index >= 15 is 0 Å². The summed E-state index contributed by atoms with van der Waals surface area (Å²) in [7, 11) is 0. The second-order valence-corrected chi connectivity index (χ2v) is 5.47. The number of benzene rings is 2. The number of hydrogen-bond acceptors (Lipinski definition) is 2. The largest absolute Gasteiger partial charge is 0.478 e. The fourth-order valence-electron chi connectivity index (χ4n) is 2.13. The van der Waals surface area contributed by atoms with E-state index in [0.29, 0.717) is 17.2 Å². The van der Waals surface area contributed by atoms with Gasteiger partial charge in [0.2, 0.25) is 0 Å². The van der Waals surface area contributed by atoms with Crippen molar-refractivity contribution in [3.8, 4) is 5.75 Å². The molecule has 0 spiro atoms. The van der Waals surface area contributed by atoms with Crippen LogP contribution in [0.15, 0.2) is 42.5 Å². The molecule has 0 amide bonds. The van der Waals surface area contributed by atoms with Crippen LogP contribution in [0.25, 0.3) is 0 Å². The van der Waals surface area contributed by atoms with Crippen LogP contribution in [0, 0.1) is 13.8 Å². The molecule has 0 aliphatic rings. The standard InChI is InChI=1S/C17H17ClO3/c1-11-3-4-13(12(2)9-11)10-16(17(19)20)21-15-7-5-14(18)6-8-15/h3-9,16H,10H2,1-2H3,(H,19,20). The molecule has 0 saturated carbocycles. The minimum absolute atomic E-state index is 0.323. The Bertz CT molecular complexity index is 635. The molecule has 0 aromatic heterocycles. The third-order valence-electron chi connectivity index (χ3n) is 3.27. The number of halogens is 1. The van der Waals surface area contributed by atoms with Gasteiger partial charge in [-0.2, -0.15) is 0 Å². The molecule has 0 bridgehead atoms. The first kappa shape index (κ1) is 15.4. The molecule has 0 aliphatic carbocycles. The van der Waals surface area contributed by atoms with E-state index in [2.05, 4.69) is 0 Å². The molecule has 0 fully saturated rings. The van der Waals surface area contributed by atoms with Crippen molar-refractivity contribution in [1.82, 2.24) is 0 Å². The van der Waals surface area contributed by atoms with Gasteiger partial charge in [-0.3, -0.25) is 0 Å². The molecule has 4 heteroatoms. The number of carbonyl (C=O) groups is 1. The molecular formula is C17H17ClO3. The molecule has 2 aromatic carbocycles. The highest BCUT2D eigenvalue weighted by atomic mass is 35.5. The van der Waals surface area contributed by atoms with Gasteiger partial charge in [0, 0.05) is 11.4 Å². The van der Waals surface area contributed by atoms with Crippen LogP contribution in [-0.4, -0.2) is 17.2 Å². The molecule has 21 heavy (non-hydrogen) atoms. The van der Waals surface area contributed by atoms with E-state index in [1.165, 1.54) is 0 Å². The molecule has 3 nitrogen and oxygen atoms in total. The predicted molar refractivity (Wildman–Crippen MR) is 83.1 cm³/mol. The van der Waals surface area contributed by atoms with Gasteiger partial charge in [0.1, 0.15) is 5.75 Å². The van der Waals surface area contributed by atoms with Gasteiger partial charge in [-0.25, -0.2) is 4.79 Å². The fourth-order valence-corrected chi connectivity index (χ4v) is 2.26. The zero-order chi connectivity index (χ0) is 15.4. The van der Waals surface area contributed by atoms with Crippen LogP contribution in [0.5, 0.6) is 5.75 Å². The average molecular weight is 305 g/mol. The minimum atomic E-state index is -0.982. The number of aliphatic carboxylic acids is 1. The number of carboxylic acid groups (broad SMARTS) is 1. The summed E-state index contributed by atoms with van der Waals surface area (Å²) in [6.07, 6.45) is -0.600. The van der Waals surface area contributed by atoms with Gasteiger partial charge < -0.3 is 9.84 Å². The molecular weight excluding hydrogens is 288 g/mol. The smallest absolute Gasteiger partial charge is 0.345 e. The van der Waals surface area contributed by atoms with E-state index in [1.54, 1.807) is 24.3 Å². The summed E-state index contributed by atoms with van der Waals surface area (Å²) < 4.78 is 5.56. The summed E-state index contributed by atoms with van der Waals surface area (Å²) in [4.78, 5) is 11.4. The number of carboxylic acids is 1. The van der Waals surface area contributed by atoms with Crippen molar-refractivity contribution in [1.29, 1.82) is 0 Å². The van der Waals surface area contributed by atoms with Gasteiger partial charge in [0.25, 0.3) is 0 Å². The maximum absolute atomic E-state index is 11.4. The SMILES string of the molecule is Cc1ccc(CC(Oc2ccc(Cl)cc2)C(=O)O)c(C)c1. The molecule has 0 saturated heterocycles. The van der Waals surface area contributed by atoms with E-state index in [9.17, 15) is 9.90 Å². The highest BCUT2D eigenvalue weighted by molar-refractivity contribution is 6.30. The number of rotatable bonds is 5. The molecule has 2 rings (SSSR count). The molecule has 110 valence electrons. The van der Waals surface area contributed by atoms with Gasteiger partial charge in [0.15, 0.2) is 6.10 Å². The van der Waals surface area contributed by atoms with E-state index in [4.69, 9.17) is 16.3 Å². The number of hydrogen-bond donors (Lipinski definition) is 1. The molecule has 1 N–H and O–H groups in total. The molecule has 1 unspecified atom stereocenters. The van der Waals surface area contributed by atoms with Crippen LogP contribution >= 0.6 is 11.6 Å². The first-order valence-electron chi connectivity index (χ1n) is 6.67. The van der Waals surface area contributed by atoms with Crippen LogP contribution < -0.4 is 4.74 Å². The second kappa shape index (κ2) is 6.64. The molecule has 0 radical (unpaired) electrons. The lowest BCUT2D eigenvalue weighted by Crippen LogP contribution is -2.29. The Balaban J connectivity index is 2.15. The van der Waals surface area contributed by atoms with Gasteiger partial charge >= 0.3 is 5.97 Å². The normalized spacial score (nSPS) is 12.0. The highest BCUT2D eigenvalue weighted by Gasteiger charge is 2.21. The third kappa shape index (κ3) is 4.23. The number of ether oxygens (including phenoxy) is 1. The van der Waals surface area contributed by atoms with Crippen molar-refractivity contribution in [2.45, 2.75) is 26.4 Å². The second-order valence-electron chi connectivity index (χ2n) is 5.03. The Kier molecular flexibility index (Phi) is 4.86. The van der Waals surface area contributed by atoms with Crippen molar-refractivity contribution in [2.24, 2.45) is 0 Å². The summed E-state index contributed by atoms with van der Waals surface area (Å²) in [5.41, 5.74) is 3.20. The van der Waals surface area contributed by atoms with Crippen LogP contribution in [0.1, 0.15) is 16.7 Å². The molecule has 0 aliphatic heterocycles. The molecule has 2 aromatic rings. The third-order valence-corrected chi connectivity index (χ3v) is 3.52. The van der Waals surface area contributed by atoms with E-state index in [-0.39, 0.29) is 0 Å². The Morgan fingerprint density at radius 2 is 1.86 bits per heavy atom.